The largest absolute Gasteiger partial charge is 0.378 e. The first-order valence-corrected chi connectivity index (χ1v) is 7.11. The Labute approximate surface area is 122 Å². The molecule has 20 heavy (non-hydrogen) atoms. The number of amides is 1. The van der Waals surface area contributed by atoms with E-state index in [1.54, 1.807) is 6.07 Å². The Hall–Kier alpha value is -1.33. The molecule has 2 rings (SSSR count). The first kappa shape index (κ1) is 15.1. The SMILES string of the molecule is CCCC(=O)Nc1ccc(Cl)c(F)c1N1CCOCC1. The van der Waals surface area contributed by atoms with Crippen LogP contribution < -0.4 is 10.2 Å². The Balaban J connectivity index is 2.30. The van der Waals surface area contributed by atoms with E-state index < -0.39 is 5.82 Å². The lowest BCUT2D eigenvalue weighted by Gasteiger charge is -2.31. The molecule has 0 atom stereocenters. The number of benzene rings is 1. The van der Waals surface area contributed by atoms with Gasteiger partial charge in [-0.1, -0.05) is 18.5 Å². The molecule has 1 amide bonds. The van der Waals surface area contributed by atoms with Crippen molar-refractivity contribution in [3.8, 4) is 0 Å². The van der Waals surface area contributed by atoms with Crippen molar-refractivity contribution < 1.29 is 13.9 Å². The van der Waals surface area contributed by atoms with E-state index in [9.17, 15) is 9.18 Å². The van der Waals surface area contributed by atoms with Crippen LogP contribution in [0.5, 0.6) is 0 Å². The molecule has 0 bridgehead atoms. The summed E-state index contributed by atoms with van der Waals surface area (Å²) in [6.45, 7) is 4.15. The number of carbonyl (C=O) groups is 1. The van der Waals surface area contributed by atoms with Gasteiger partial charge in [-0.2, -0.15) is 0 Å². The van der Waals surface area contributed by atoms with E-state index in [-0.39, 0.29) is 10.9 Å². The van der Waals surface area contributed by atoms with Crippen LogP contribution in [0.4, 0.5) is 15.8 Å². The zero-order chi connectivity index (χ0) is 14.5. The number of rotatable bonds is 4. The fraction of sp³-hybridized carbons (Fsp3) is 0.500. The minimum absolute atomic E-state index is 0.0555. The third-order valence-electron chi connectivity index (χ3n) is 3.15. The molecule has 0 aromatic heterocycles. The average Bonchev–Trinajstić information content (AvgIpc) is 2.44. The summed E-state index contributed by atoms with van der Waals surface area (Å²) in [6, 6.07) is 3.10. The molecule has 0 aliphatic carbocycles. The molecule has 1 fully saturated rings. The Morgan fingerprint density at radius 2 is 2.15 bits per heavy atom. The summed E-state index contributed by atoms with van der Waals surface area (Å²) in [5, 5.41) is 2.81. The monoisotopic (exact) mass is 300 g/mol. The zero-order valence-electron chi connectivity index (χ0n) is 11.4. The summed E-state index contributed by atoms with van der Waals surface area (Å²) >= 11 is 5.86. The van der Waals surface area contributed by atoms with Crippen molar-refractivity contribution in [1.29, 1.82) is 0 Å². The summed E-state index contributed by atoms with van der Waals surface area (Å²) in [7, 11) is 0. The van der Waals surface area contributed by atoms with Crippen LogP contribution >= 0.6 is 11.6 Å². The van der Waals surface area contributed by atoms with Crippen LogP contribution in [0.2, 0.25) is 5.02 Å². The maximum Gasteiger partial charge on any atom is 0.224 e. The van der Waals surface area contributed by atoms with Crippen molar-refractivity contribution >= 4 is 28.9 Å². The van der Waals surface area contributed by atoms with Crippen molar-refractivity contribution in [1.82, 2.24) is 0 Å². The van der Waals surface area contributed by atoms with E-state index in [1.165, 1.54) is 6.07 Å². The number of nitrogens with zero attached hydrogens (tertiary/aromatic N) is 1. The van der Waals surface area contributed by atoms with Crippen LogP contribution in [-0.4, -0.2) is 32.2 Å². The lowest BCUT2D eigenvalue weighted by Crippen LogP contribution is -2.37. The minimum atomic E-state index is -0.497. The van der Waals surface area contributed by atoms with Crippen molar-refractivity contribution in [3.63, 3.8) is 0 Å². The van der Waals surface area contributed by atoms with Crippen molar-refractivity contribution in [3.05, 3.63) is 23.0 Å². The first-order valence-electron chi connectivity index (χ1n) is 6.74. The highest BCUT2D eigenvalue weighted by molar-refractivity contribution is 6.31. The molecule has 110 valence electrons. The highest BCUT2D eigenvalue weighted by Crippen LogP contribution is 2.34. The Morgan fingerprint density at radius 3 is 2.80 bits per heavy atom. The second-order valence-corrected chi connectivity index (χ2v) is 5.06. The van der Waals surface area contributed by atoms with E-state index in [1.807, 2.05) is 11.8 Å². The van der Waals surface area contributed by atoms with Gasteiger partial charge in [0.1, 0.15) is 0 Å². The maximum absolute atomic E-state index is 14.3. The van der Waals surface area contributed by atoms with Gasteiger partial charge in [0, 0.05) is 19.5 Å². The summed E-state index contributed by atoms with van der Waals surface area (Å²) in [6.07, 6.45) is 1.15. The minimum Gasteiger partial charge on any atom is -0.378 e. The molecular weight excluding hydrogens is 283 g/mol. The van der Waals surface area contributed by atoms with Crippen LogP contribution in [0.3, 0.4) is 0 Å². The lowest BCUT2D eigenvalue weighted by molar-refractivity contribution is -0.116. The predicted octanol–water partition coefficient (Wildman–Crippen LogP) is 3.05. The number of morpholine rings is 1. The summed E-state index contributed by atoms with van der Waals surface area (Å²) in [4.78, 5) is 13.6. The molecule has 1 aromatic rings. The fourth-order valence-corrected chi connectivity index (χ4v) is 2.33. The summed E-state index contributed by atoms with van der Waals surface area (Å²) < 4.78 is 19.6. The third kappa shape index (κ3) is 3.41. The number of hydrogen-bond acceptors (Lipinski definition) is 3. The molecule has 1 heterocycles. The smallest absolute Gasteiger partial charge is 0.224 e. The van der Waals surface area contributed by atoms with Crippen molar-refractivity contribution in [2.45, 2.75) is 19.8 Å². The van der Waals surface area contributed by atoms with Gasteiger partial charge in [0.05, 0.1) is 29.6 Å². The molecule has 0 saturated carbocycles. The van der Waals surface area contributed by atoms with E-state index >= 15 is 0 Å². The van der Waals surface area contributed by atoms with Gasteiger partial charge in [0.25, 0.3) is 0 Å². The van der Waals surface area contributed by atoms with E-state index in [0.717, 1.165) is 6.42 Å². The molecule has 1 aromatic carbocycles. The highest BCUT2D eigenvalue weighted by atomic mass is 35.5. The molecule has 0 radical (unpaired) electrons. The molecule has 1 aliphatic rings. The van der Waals surface area contributed by atoms with Gasteiger partial charge in [-0.25, -0.2) is 4.39 Å². The van der Waals surface area contributed by atoms with E-state index in [0.29, 0.717) is 44.1 Å². The normalized spacial score (nSPS) is 15.2. The predicted molar refractivity (Wildman–Crippen MR) is 78.0 cm³/mol. The van der Waals surface area contributed by atoms with Crippen LogP contribution in [0.1, 0.15) is 19.8 Å². The molecule has 6 heteroatoms. The summed E-state index contributed by atoms with van der Waals surface area (Å²) in [5.74, 6) is -0.619. The topological polar surface area (TPSA) is 41.6 Å². The Bertz CT molecular complexity index is 490. The van der Waals surface area contributed by atoms with Gasteiger partial charge in [0.15, 0.2) is 5.82 Å². The zero-order valence-corrected chi connectivity index (χ0v) is 12.2. The Morgan fingerprint density at radius 1 is 1.45 bits per heavy atom. The molecule has 1 aliphatic heterocycles. The second kappa shape index (κ2) is 6.90. The molecule has 0 unspecified atom stereocenters. The summed E-state index contributed by atoms with van der Waals surface area (Å²) in [5.41, 5.74) is 0.817. The maximum atomic E-state index is 14.3. The standard InChI is InChI=1S/C14H18ClFN2O2/c1-2-3-12(19)17-11-5-4-10(15)13(16)14(11)18-6-8-20-9-7-18/h4-5H,2-3,6-9H2,1H3,(H,17,19). The Kier molecular flexibility index (Phi) is 5.20. The van der Waals surface area contributed by atoms with Gasteiger partial charge >= 0.3 is 0 Å². The van der Waals surface area contributed by atoms with Crippen LogP contribution in [-0.2, 0) is 9.53 Å². The number of halogens is 2. The second-order valence-electron chi connectivity index (χ2n) is 4.66. The highest BCUT2D eigenvalue weighted by Gasteiger charge is 2.21. The average molecular weight is 301 g/mol. The van der Waals surface area contributed by atoms with Crippen LogP contribution in [0, 0.1) is 5.82 Å². The number of ether oxygens (including phenoxy) is 1. The van der Waals surface area contributed by atoms with E-state index in [4.69, 9.17) is 16.3 Å². The van der Waals surface area contributed by atoms with Crippen molar-refractivity contribution in [2.75, 3.05) is 36.5 Å². The van der Waals surface area contributed by atoms with Crippen molar-refractivity contribution in [2.24, 2.45) is 0 Å². The van der Waals surface area contributed by atoms with Gasteiger partial charge in [0.2, 0.25) is 5.91 Å². The van der Waals surface area contributed by atoms with Gasteiger partial charge < -0.3 is 15.0 Å². The molecule has 4 nitrogen and oxygen atoms in total. The molecule has 1 saturated heterocycles. The molecule has 0 spiro atoms. The lowest BCUT2D eigenvalue weighted by atomic mass is 10.2. The van der Waals surface area contributed by atoms with Crippen LogP contribution in [0.15, 0.2) is 12.1 Å². The van der Waals surface area contributed by atoms with Crippen LogP contribution in [0.25, 0.3) is 0 Å². The van der Waals surface area contributed by atoms with Gasteiger partial charge in [-0.15, -0.1) is 0 Å². The van der Waals surface area contributed by atoms with Gasteiger partial charge in [-0.05, 0) is 18.6 Å². The van der Waals surface area contributed by atoms with E-state index in [2.05, 4.69) is 5.32 Å². The fourth-order valence-electron chi connectivity index (χ4n) is 2.18. The number of nitrogens with one attached hydrogen (secondary N) is 1. The van der Waals surface area contributed by atoms with Gasteiger partial charge in [-0.3, -0.25) is 4.79 Å². The molecular formula is C14H18ClFN2O2. The first-order chi connectivity index (χ1) is 9.63. The number of hydrogen-bond donors (Lipinski definition) is 1. The quantitative estimate of drug-likeness (QED) is 0.929. The number of anilines is 2. The third-order valence-corrected chi connectivity index (χ3v) is 3.44. The molecule has 1 N–H and O–H groups in total. The number of carbonyl (C=O) groups excluding carboxylic acids is 1.